The van der Waals surface area contributed by atoms with E-state index in [1.807, 2.05) is 0 Å². The molecular weight excluding hydrogens is 179 g/mol. The molecule has 0 aromatic rings. The maximum atomic E-state index is 11.9. The fraction of sp³-hybridized carbons (Fsp3) is 1.00. The highest BCUT2D eigenvalue weighted by Crippen LogP contribution is 2.37. The van der Waals surface area contributed by atoms with Crippen LogP contribution in [-0.4, -0.2) is 12.2 Å². The van der Waals surface area contributed by atoms with E-state index in [1.165, 1.54) is 0 Å². The van der Waals surface area contributed by atoms with Gasteiger partial charge < -0.3 is 5.73 Å². The number of hydrogen-bond donors (Lipinski definition) is 1. The molecule has 11 heavy (non-hydrogen) atoms. The van der Waals surface area contributed by atoms with Crippen LogP contribution in [0.4, 0.5) is 13.2 Å². The van der Waals surface area contributed by atoms with Gasteiger partial charge >= 0.3 is 6.18 Å². The van der Waals surface area contributed by atoms with Gasteiger partial charge in [0.1, 0.15) is 0 Å². The van der Waals surface area contributed by atoms with Gasteiger partial charge in [-0.1, -0.05) is 6.42 Å². The summed E-state index contributed by atoms with van der Waals surface area (Å²) in [5.41, 5.74) is 5.25. The smallest absolute Gasteiger partial charge is 0.327 e. The first-order chi connectivity index (χ1) is 4.52. The summed E-state index contributed by atoms with van der Waals surface area (Å²) in [5, 5.41) is 0. The fourth-order valence-electron chi connectivity index (χ4n) is 1.40. The first kappa shape index (κ1) is 11.0. The molecule has 0 heterocycles. The van der Waals surface area contributed by atoms with Crippen molar-refractivity contribution in [1.29, 1.82) is 0 Å². The normalized spacial score (nSPS) is 31.6. The van der Waals surface area contributed by atoms with Gasteiger partial charge in [0, 0.05) is 6.04 Å². The van der Waals surface area contributed by atoms with Crippen molar-refractivity contribution < 1.29 is 13.2 Å². The Bertz CT molecular complexity index is 125. The minimum absolute atomic E-state index is 0. The Balaban J connectivity index is 0.000001000. The van der Waals surface area contributed by atoms with Crippen molar-refractivity contribution in [1.82, 2.24) is 0 Å². The Morgan fingerprint density at radius 2 is 1.73 bits per heavy atom. The lowest BCUT2D eigenvalue weighted by Crippen LogP contribution is -2.35. The molecule has 2 atom stereocenters. The molecule has 0 saturated heterocycles. The van der Waals surface area contributed by atoms with Gasteiger partial charge in [-0.05, 0) is 12.8 Å². The Morgan fingerprint density at radius 1 is 1.18 bits per heavy atom. The number of hydrogen-bond acceptors (Lipinski definition) is 1. The predicted molar refractivity (Wildman–Crippen MR) is 38.6 cm³/mol. The topological polar surface area (TPSA) is 26.0 Å². The number of halogens is 4. The number of alkyl halides is 3. The van der Waals surface area contributed by atoms with Crippen molar-refractivity contribution in [2.75, 3.05) is 0 Å². The van der Waals surface area contributed by atoms with Crippen LogP contribution < -0.4 is 5.73 Å². The van der Waals surface area contributed by atoms with Crippen LogP contribution in [0.25, 0.3) is 0 Å². The largest absolute Gasteiger partial charge is 0.393 e. The Labute approximate surface area is 69.5 Å². The van der Waals surface area contributed by atoms with E-state index in [1.54, 1.807) is 0 Å². The quantitative estimate of drug-likeness (QED) is 0.621. The van der Waals surface area contributed by atoms with Crippen molar-refractivity contribution in [3.63, 3.8) is 0 Å². The maximum Gasteiger partial charge on any atom is 0.393 e. The van der Waals surface area contributed by atoms with Crippen LogP contribution in [0.1, 0.15) is 19.3 Å². The lowest BCUT2D eigenvalue weighted by Gasteiger charge is -2.18. The molecule has 0 amide bonds. The van der Waals surface area contributed by atoms with Gasteiger partial charge in [0.2, 0.25) is 0 Å². The van der Waals surface area contributed by atoms with E-state index in [0.29, 0.717) is 12.8 Å². The molecule has 1 saturated carbocycles. The highest BCUT2D eigenvalue weighted by atomic mass is 35.5. The molecule has 1 fully saturated rings. The first-order valence-electron chi connectivity index (χ1n) is 3.34. The van der Waals surface area contributed by atoms with E-state index in [9.17, 15) is 13.2 Å². The summed E-state index contributed by atoms with van der Waals surface area (Å²) in [6.07, 6.45) is -2.73. The maximum absolute atomic E-state index is 11.9. The average molecular weight is 190 g/mol. The first-order valence-corrected chi connectivity index (χ1v) is 3.34. The molecule has 2 N–H and O–H groups in total. The highest BCUT2D eigenvalue weighted by molar-refractivity contribution is 5.85. The molecule has 68 valence electrons. The molecule has 1 aliphatic carbocycles. The van der Waals surface area contributed by atoms with Crippen molar-refractivity contribution in [3.05, 3.63) is 0 Å². The summed E-state index contributed by atoms with van der Waals surface area (Å²) in [7, 11) is 0. The van der Waals surface area contributed by atoms with Crippen molar-refractivity contribution in [3.8, 4) is 0 Å². The van der Waals surface area contributed by atoms with Gasteiger partial charge in [0.25, 0.3) is 0 Å². The summed E-state index contributed by atoms with van der Waals surface area (Å²) in [5.74, 6) is -1.24. The Hall–Kier alpha value is 0.0400. The van der Waals surface area contributed by atoms with Crippen LogP contribution in [0.3, 0.4) is 0 Å². The van der Waals surface area contributed by atoms with E-state index in [2.05, 4.69) is 0 Å². The number of nitrogens with two attached hydrogens (primary N) is 1. The summed E-state index contributed by atoms with van der Waals surface area (Å²) in [6.45, 7) is 0. The molecule has 0 bridgehead atoms. The summed E-state index contributed by atoms with van der Waals surface area (Å²) in [4.78, 5) is 0. The van der Waals surface area contributed by atoms with Gasteiger partial charge in [-0.15, -0.1) is 12.4 Å². The zero-order valence-corrected chi connectivity index (χ0v) is 6.71. The lowest BCUT2D eigenvalue weighted by atomic mass is 10.0. The molecule has 0 radical (unpaired) electrons. The SMILES string of the molecule is Cl.NC1CCCC1C(F)(F)F. The molecule has 0 aliphatic heterocycles. The molecule has 0 aromatic carbocycles. The van der Waals surface area contributed by atoms with E-state index in [4.69, 9.17) is 5.73 Å². The van der Waals surface area contributed by atoms with Crippen LogP contribution in [0.15, 0.2) is 0 Å². The third-order valence-corrected chi connectivity index (χ3v) is 1.99. The van der Waals surface area contributed by atoms with Crippen molar-refractivity contribution in [2.45, 2.75) is 31.5 Å². The van der Waals surface area contributed by atoms with Crippen LogP contribution in [0, 0.1) is 5.92 Å². The van der Waals surface area contributed by atoms with Gasteiger partial charge in [-0.2, -0.15) is 13.2 Å². The average Bonchev–Trinajstić information content (AvgIpc) is 2.11. The van der Waals surface area contributed by atoms with Crippen LogP contribution in [0.2, 0.25) is 0 Å². The van der Waals surface area contributed by atoms with Crippen molar-refractivity contribution in [2.24, 2.45) is 11.7 Å². The van der Waals surface area contributed by atoms with Crippen LogP contribution >= 0.6 is 12.4 Å². The molecule has 1 rings (SSSR count). The second-order valence-corrected chi connectivity index (χ2v) is 2.74. The number of rotatable bonds is 0. The van der Waals surface area contributed by atoms with Gasteiger partial charge in [-0.25, -0.2) is 0 Å². The van der Waals surface area contributed by atoms with Crippen molar-refractivity contribution >= 4 is 12.4 Å². The fourth-order valence-corrected chi connectivity index (χ4v) is 1.40. The predicted octanol–water partition coefficient (Wildman–Crippen LogP) is 2.10. The summed E-state index contributed by atoms with van der Waals surface area (Å²) < 4.78 is 35.8. The lowest BCUT2D eigenvalue weighted by molar-refractivity contribution is -0.175. The highest BCUT2D eigenvalue weighted by Gasteiger charge is 2.45. The van der Waals surface area contributed by atoms with Gasteiger partial charge in [0.05, 0.1) is 5.92 Å². The molecule has 1 aliphatic rings. The van der Waals surface area contributed by atoms with E-state index in [0.717, 1.165) is 0 Å². The minimum atomic E-state index is -4.07. The zero-order valence-electron chi connectivity index (χ0n) is 5.90. The zero-order chi connectivity index (χ0) is 7.78. The molecule has 5 heteroatoms. The second-order valence-electron chi connectivity index (χ2n) is 2.74. The third-order valence-electron chi connectivity index (χ3n) is 1.99. The van der Waals surface area contributed by atoms with Gasteiger partial charge in [-0.3, -0.25) is 0 Å². The molecule has 0 aromatic heterocycles. The van der Waals surface area contributed by atoms with Crippen LogP contribution in [-0.2, 0) is 0 Å². The minimum Gasteiger partial charge on any atom is -0.327 e. The standard InChI is InChI=1S/C6H10F3N.ClH/c7-6(8,9)4-2-1-3-5(4)10;/h4-5H,1-3,10H2;1H. The molecule has 2 unspecified atom stereocenters. The molecule has 1 nitrogen and oxygen atoms in total. The second kappa shape index (κ2) is 3.63. The monoisotopic (exact) mass is 189 g/mol. The van der Waals surface area contributed by atoms with Crippen LogP contribution in [0.5, 0.6) is 0 Å². The Kier molecular flexibility index (Phi) is 3.64. The summed E-state index contributed by atoms with van der Waals surface area (Å²) in [6, 6.07) is -0.653. The van der Waals surface area contributed by atoms with Gasteiger partial charge in [0.15, 0.2) is 0 Å². The third kappa shape index (κ3) is 2.52. The molecule has 0 spiro atoms. The summed E-state index contributed by atoms with van der Waals surface area (Å²) >= 11 is 0. The Morgan fingerprint density at radius 3 is 1.91 bits per heavy atom. The molecular formula is C6H11ClF3N. The van der Waals surface area contributed by atoms with E-state index >= 15 is 0 Å². The van der Waals surface area contributed by atoms with E-state index < -0.39 is 18.1 Å². The van der Waals surface area contributed by atoms with E-state index in [-0.39, 0.29) is 18.8 Å².